The van der Waals surface area contributed by atoms with Crippen LogP contribution in [0.1, 0.15) is 24.6 Å². The van der Waals surface area contributed by atoms with E-state index in [1.807, 2.05) is 6.92 Å². The number of methoxy groups -OCH3 is 1. The number of aromatic nitrogens is 4. The van der Waals surface area contributed by atoms with Crippen LogP contribution in [0, 0.1) is 6.92 Å². The molecule has 0 aliphatic heterocycles. The van der Waals surface area contributed by atoms with Crippen molar-refractivity contribution in [1.29, 1.82) is 0 Å². The molecule has 0 saturated heterocycles. The van der Waals surface area contributed by atoms with E-state index in [9.17, 15) is 0 Å². The molecule has 2 aromatic rings. The second kappa shape index (κ2) is 7.42. The highest BCUT2D eigenvalue weighted by Gasteiger charge is 2.14. The number of aryl methyl sites for hydroxylation is 1. The molecule has 0 fully saturated rings. The highest BCUT2D eigenvalue weighted by molar-refractivity contribution is 9.10. The molecule has 0 atom stereocenters. The zero-order chi connectivity index (χ0) is 15.2. The summed E-state index contributed by atoms with van der Waals surface area (Å²) in [6, 6.07) is 0. The third kappa shape index (κ3) is 3.95. The first kappa shape index (κ1) is 15.8. The Morgan fingerprint density at radius 2 is 1.90 bits per heavy atom. The van der Waals surface area contributed by atoms with Crippen LogP contribution in [-0.2, 0) is 11.3 Å². The Labute approximate surface area is 132 Å². The molecule has 0 aliphatic rings. The van der Waals surface area contributed by atoms with Gasteiger partial charge in [-0.15, -0.1) is 0 Å². The summed E-state index contributed by atoms with van der Waals surface area (Å²) in [6.45, 7) is 5.26. The Morgan fingerprint density at radius 3 is 2.52 bits per heavy atom. The van der Waals surface area contributed by atoms with Crippen molar-refractivity contribution in [3.05, 3.63) is 28.1 Å². The summed E-state index contributed by atoms with van der Waals surface area (Å²) in [4.78, 5) is 17.5. The SMILES string of the molecule is CCCNc1nc(-c2ncc(C)cn2)nc(COC)c1Br. The predicted octanol–water partition coefficient (Wildman–Crippen LogP) is 2.97. The van der Waals surface area contributed by atoms with E-state index in [0.29, 0.717) is 18.3 Å². The van der Waals surface area contributed by atoms with Crippen LogP contribution >= 0.6 is 15.9 Å². The molecule has 1 N–H and O–H groups in total. The second-order valence-electron chi connectivity index (χ2n) is 4.60. The lowest BCUT2D eigenvalue weighted by molar-refractivity contribution is 0.181. The molecule has 0 amide bonds. The fourth-order valence-electron chi connectivity index (χ4n) is 1.69. The fraction of sp³-hybridized carbons (Fsp3) is 0.429. The molecule has 112 valence electrons. The first-order chi connectivity index (χ1) is 10.2. The Kier molecular flexibility index (Phi) is 5.58. The average Bonchev–Trinajstić information content (AvgIpc) is 2.49. The Bertz CT molecular complexity index is 603. The van der Waals surface area contributed by atoms with Crippen molar-refractivity contribution in [2.75, 3.05) is 19.0 Å². The number of anilines is 1. The second-order valence-corrected chi connectivity index (χ2v) is 5.39. The Hall–Kier alpha value is -1.60. The lowest BCUT2D eigenvalue weighted by Crippen LogP contribution is -2.09. The summed E-state index contributed by atoms with van der Waals surface area (Å²) in [7, 11) is 1.63. The normalized spacial score (nSPS) is 10.7. The summed E-state index contributed by atoms with van der Waals surface area (Å²) in [5, 5.41) is 3.27. The molecular weight excluding hydrogens is 334 g/mol. The highest BCUT2D eigenvalue weighted by Crippen LogP contribution is 2.26. The molecule has 6 nitrogen and oxygen atoms in total. The number of halogens is 1. The van der Waals surface area contributed by atoms with Gasteiger partial charge < -0.3 is 10.1 Å². The summed E-state index contributed by atoms with van der Waals surface area (Å²) in [5.41, 5.74) is 1.77. The number of ether oxygens (including phenoxy) is 1. The molecule has 0 aromatic carbocycles. The van der Waals surface area contributed by atoms with Crippen molar-refractivity contribution in [3.63, 3.8) is 0 Å². The number of hydrogen-bond acceptors (Lipinski definition) is 6. The van der Waals surface area contributed by atoms with E-state index >= 15 is 0 Å². The zero-order valence-electron chi connectivity index (χ0n) is 12.4. The monoisotopic (exact) mass is 351 g/mol. The molecule has 0 radical (unpaired) electrons. The number of nitrogens with zero attached hydrogens (tertiary/aromatic N) is 4. The van der Waals surface area contributed by atoms with Crippen molar-refractivity contribution < 1.29 is 4.74 Å². The molecule has 2 rings (SSSR count). The lowest BCUT2D eigenvalue weighted by Gasteiger charge is -2.11. The molecule has 21 heavy (non-hydrogen) atoms. The zero-order valence-corrected chi connectivity index (χ0v) is 13.9. The number of hydrogen-bond donors (Lipinski definition) is 1. The number of nitrogens with one attached hydrogen (secondary N) is 1. The summed E-state index contributed by atoms with van der Waals surface area (Å²) >= 11 is 3.52. The van der Waals surface area contributed by atoms with Gasteiger partial charge in [0.1, 0.15) is 5.82 Å². The van der Waals surface area contributed by atoms with Crippen LogP contribution in [0.5, 0.6) is 0 Å². The highest BCUT2D eigenvalue weighted by atomic mass is 79.9. The van der Waals surface area contributed by atoms with Gasteiger partial charge in [0.15, 0.2) is 11.6 Å². The van der Waals surface area contributed by atoms with E-state index in [0.717, 1.165) is 34.5 Å². The third-order valence-corrected chi connectivity index (χ3v) is 3.56. The maximum absolute atomic E-state index is 5.19. The average molecular weight is 352 g/mol. The van der Waals surface area contributed by atoms with Gasteiger partial charge >= 0.3 is 0 Å². The van der Waals surface area contributed by atoms with E-state index in [2.05, 4.69) is 48.1 Å². The van der Waals surface area contributed by atoms with Gasteiger partial charge in [-0.25, -0.2) is 19.9 Å². The van der Waals surface area contributed by atoms with Gasteiger partial charge in [0, 0.05) is 26.0 Å². The maximum atomic E-state index is 5.19. The van der Waals surface area contributed by atoms with E-state index in [4.69, 9.17) is 4.74 Å². The number of rotatable bonds is 6. The maximum Gasteiger partial charge on any atom is 0.200 e. The topological polar surface area (TPSA) is 72.8 Å². The van der Waals surface area contributed by atoms with Gasteiger partial charge in [-0.05, 0) is 34.8 Å². The molecular formula is C14H18BrN5O. The standard InChI is InChI=1S/C14H18BrN5O/c1-4-5-16-12-11(15)10(8-21-3)19-14(20-12)13-17-6-9(2)7-18-13/h6-7H,4-5,8H2,1-3H3,(H,16,19,20). The van der Waals surface area contributed by atoms with Gasteiger partial charge in [-0.3, -0.25) is 0 Å². The fourth-order valence-corrected chi connectivity index (χ4v) is 2.13. The molecule has 0 spiro atoms. The van der Waals surface area contributed by atoms with Gasteiger partial charge in [0.25, 0.3) is 0 Å². The van der Waals surface area contributed by atoms with Crippen LogP contribution in [0.25, 0.3) is 11.6 Å². The minimum Gasteiger partial charge on any atom is -0.378 e. The van der Waals surface area contributed by atoms with Crippen molar-refractivity contribution in [3.8, 4) is 11.6 Å². The van der Waals surface area contributed by atoms with Crippen LogP contribution in [0.2, 0.25) is 0 Å². The minimum atomic E-state index is 0.392. The van der Waals surface area contributed by atoms with E-state index in [1.165, 1.54) is 0 Å². The smallest absolute Gasteiger partial charge is 0.200 e. The summed E-state index contributed by atoms with van der Waals surface area (Å²) < 4.78 is 6.00. The Balaban J connectivity index is 2.44. The predicted molar refractivity (Wildman–Crippen MR) is 85.0 cm³/mol. The van der Waals surface area contributed by atoms with Gasteiger partial charge in [-0.1, -0.05) is 6.92 Å². The summed E-state index contributed by atoms with van der Waals surface area (Å²) in [6.07, 6.45) is 4.51. The summed E-state index contributed by atoms with van der Waals surface area (Å²) in [5.74, 6) is 1.73. The van der Waals surface area contributed by atoms with Gasteiger partial charge in [0.05, 0.1) is 16.8 Å². The van der Waals surface area contributed by atoms with Crippen LogP contribution in [0.4, 0.5) is 5.82 Å². The first-order valence-corrected chi connectivity index (χ1v) is 7.53. The molecule has 0 unspecified atom stereocenters. The quantitative estimate of drug-likeness (QED) is 0.862. The molecule has 2 heterocycles. The van der Waals surface area contributed by atoms with Crippen molar-refractivity contribution in [2.24, 2.45) is 0 Å². The first-order valence-electron chi connectivity index (χ1n) is 6.74. The van der Waals surface area contributed by atoms with Crippen molar-refractivity contribution in [2.45, 2.75) is 26.9 Å². The van der Waals surface area contributed by atoms with Crippen LogP contribution < -0.4 is 5.32 Å². The third-order valence-electron chi connectivity index (χ3n) is 2.72. The van der Waals surface area contributed by atoms with Gasteiger partial charge in [-0.2, -0.15) is 0 Å². The minimum absolute atomic E-state index is 0.392. The molecule has 7 heteroatoms. The van der Waals surface area contributed by atoms with Crippen LogP contribution in [0.15, 0.2) is 16.9 Å². The van der Waals surface area contributed by atoms with Crippen molar-refractivity contribution in [1.82, 2.24) is 19.9 Å². The van der Waals surface area contributed by atoms with Crippen molar-refractivity contribution >= 4 is 21.7 Å². The lowest BCUT2D eigenvalue weighted by atomic mass is 10.3. The Morgan fingerprint density at radius 1 is 1.19 bits per heavy atom. The molecule has 0 saturated carbocycles. The van der Waals surface area contributed by atoms with Crippen LogP contribution in [0.3, 0.4) is 0 Å². The van der Waals surface area contributed by atoms with E-state index in [1.54, 1.807) is 19.5 Å². The van der Waals surface area contributed by atoms with E-state index in [-0.39, 0.29) is 0 Å². The molecule has 0 aliphatic carbocycles. The van der Waals surface area contributed by atoms with E-state index < -0.39 is 0 Å². The molecule has 2 aromatic heterocycles. The largest absolute Gasteiger partial charge is 0.378 e. The van der Waals surface area contributed by atoms with Crippen LogP contribution in [-0.4, -0.2) is 33.6 Å². The molecule has 0 bridgehead atoms. The van der Waals surface area contributed by atoms with Gasteiger partial charge in [0.2, 0.25) is 0 Å².